The summed E-state index contributed by atoms with van der Waals surface area (Å²) in [5.74, 6) is -0.319. The first-order valence-corrected chi connectivity index (χ1v) is 11.7. The van der Waals surface area contributed by atoms with Crippen molar-refractivity contribution in [1.82, 2.24) is 20.5 Å². The molecule has 1 aliphatic rings. The number of pyridine rings is 1. The van der Waals surface area contributed by atoms with E-state index in [0.29, 0.717) is 32.4 Å². The SMILES string of the molecule is N=C1NC(c2ccccc2)(c2ccccc2)C(=O)N1CCCCNC(=O)C(N)Cc1cccnc1. The van der Waals surface area contributed by atoms with Gasteiger partial charge in [0.05, 0.1) is 6.04 Å². The fourth-order valence-electron chi connectivity index (χ4n) is 4.35. The number of nitrogens with zero attached hydrogens (tertiary/aromatic N) is 2. The van der Waals surface area contributed by atoms with Crippen molar-refractivity contribution in [3.05, 3.63) is 102 Å². The van der Waals surface area contributed by atoms with Gasteiger partial charge in [0.25, 0.3) is 5.91 Å². The summed E-state index contributed by atoms with van der Waals surface area (Å²) in [4.78, 5) is 31.5. The number of carbonyl (C=O) groups is 2. The summed E-state index contributed by atoms with van der Waals surface area (Å²) >= 11 is 0. The quantitative estimate of drug-likeness (QED) is 0.338. The summed E-state index contributed by atoms with van der Waals surface area (Å²) in [6.45, 7) is 0.828. The predicted octanol–water partition coefficient (Wildman–Crippen LogP) is 2.16. The minimum Gasteiger partial charge on any atom is -0.355 e. The van der Waals surface area contributed by atoms with Crippen LogP contribution in [0.25, 0.3) is 0 Å². The fourth-order valence-corrected chi connectivity index (χ4v) is 4.35. The molecule has 8 nitrogen and oxygen atoms in total. The van der Waals surface area contributed by atoms with Crippen LogP contribution < -0.4 is 16.4 Å². The molecule has 1 aliphatic heterocycles. The second kappa shape index (κ2) is 10.9. The van der Waals surface area contributed by atoms with Gasteiger partial charge in [-0.05, 0) is 42.0 Å². The Morgan fingerprint density at radius 1 is 1.03 bits per heavy atom. The highest BCUT2D eigenvalue weighted by atomic mass is 16.2. The van der Waals surface area contributed by atoms with E-state index in [2.05, 4.69) is 15.6 Å². The van der Waals surface area contributed by atoms with E-state index >= 15 is 0 Å². The van der Waals surface area contributed by atoms with Crippen molar-refractivity contribution in [3.8, 4) is 0 Å². The zero-order chi connectivity index (χ0) is 24.7. The lowest BCUT2D eigenvalue weighted by Crippen LogP contribution is -2.45. The number of carbonyl (C=O) groups excluding carboxylic acids is 2. The van der Waals surface area contributed by atoms with Crippen LogP contribution in [0, 0.1) is 5.41 Å². The van der Waals surface area contributed by atoms with Crippen molar-refractivity contribution in [2.45, 2.75) is 30.8 Å². The standard InChI is InChI=1S/C27H30N6O2/c28-23(18-20-10-9-15-30-19-20)24(34)31-16-7-8-17-33-25(35)27(32-26(33)29,21-11-3-1-4-12-21)22-13-5-2-6-14-22/h1-6,9-15,19,23H,7-8,16-18,28H2,(H2,29,32)(H,31,34). The zero-order valence-electron chi connectivity index (χ0n) is 19.5. The van der Waals surface area contributed by atoms with Crippen LogP contribution in [0.2, 0.25) is 0 Å². The van der Waals surface area contributed by atoms with Crippen molar-refractivity contribution in [2.75, 3.05) is 13.1 Å². The van der Waals surface area contributed by atoms with E-state index in [0.717, 1.165) is 16.7 Å². The van der Waals surface area contributed by atoms with Crippen LogP contribution >= 0.6 is 0 Å². The number of aromatic nitrogens is 1. The lowest BCUT2D eigenvalue weighted by molar-refractivity contribution is -0.130. The van der Waals surface area contributed by atoms with E-state index in [9.17, 15) is 9.59 Å². The second-order valence-corrected chi connectivity index (χ2v) is 8.58. The number of nitrogens with one attached hydrogen (secondary N) is 3. The average Bonchev–Trinajstić information content (AvgIpc) is 3.15. The van der Waals surface area contributed by atoms with E-state index < -0.39 is 11.6 Å². The zero-order valence-corrected chi connectivity index (χ0v) is 19.5. The molecule has 1 unspecified atom stereocenters. The number of unbranched alkanes of at least 4 members (excludes halogenated alkanes) is 1. The van der Waals surface area contributed by atoms with Crippen molar-refractivity contribution >= 4 is 17.8 Å². The molecule has 3 aromatic rings. The van der Waals surface area contributed by atoms with E-state index in [1.54, 1.807) is 12.4 Å². The summed E-state index contributed by atoms with van der Waals surface area (Å²) in [6.07, 6.45) is 5.10. The molecule has 1 aromatic heterocycles. The molecule has 1 atom stereocenters. The molecular formula is C27H30N6O2. The van der Waals surface area contributed by atoms with Gasteiger partial charge in [-0.2, -0.15) is 0 Å². The van der Waals surface area contributed by atoms with E-state index in [1.165, 1.54) is 4.90 Å². The number of hydrogen-bond donors (Lipinski definition) is 4. The Labute approximate surface area is 205 Å². The first-order valence-electron chi connectivity index (χ1n) is 11.7. The smallest absolute Gasteiger partial charge is 0.264 e. The molecule has 1 fully saturated rings. The molecule has 8 heteroatoms. The largest absolute Gasteiger partial charge is 0.355 e. The van der Waals surface area contributed by atoms with Crippen LogP contribution in [0.4, 0.5) is 0 Å². The van der Waals surface area contributed by atoms with Crippen molar-refractivity contribution in [2.24, 2.45) is 5.73 Å². The first-order chi connectivity index (χ1) is 17.0. The molecular weight excluding hydrogens is 440 g/mol. The Kier molecular flexibility index (Phi) is 7.52. The van der Waals surface area contributed by atoms with E-state index in [-0.39, 0.29) is 17.8 Å². The maximum atomic E-state index is 13.7. The van der Waals surface area contributed by atoms with E-state index in [4.69, 9.17) is 11.1 Å². The van der Waals surface area contributed by atoms with Gasteiger partial charge >= 0.3 is 0 Å². The molecule has 0 spiro atoms. The van der Waals surface area contributed by atoms with Gasteiger partial charge in [-0.1, -0.05) is 66.7 Å². The third-order valence-electron chi connectivity index (χ3n) is 6.18. The first kappa shape index (κ1) is 24.1. The van der Waals surface area contributed by atoms with Gasteiger partial charge in [-0.3, -0.25) is 24.9 Å². The average molecular weight is 471 g/mol. The van der Waals surface area contributed by atoms with Gasteiger partial charge in [0, 0.05) is 25.5 Å². The molecule has 2 amide bonds. The maximum Gasteiger partial charge on any atom is 0.264 e. The second-order valence-electron chi connectivity index (χ2n) is 8.58. The summed E-state index contributed by atoms with van der Waals surface area (Å²) in [5, 5.41) is 14.5. The molecule has 2 aromatic carbocycles. The topological polar surface area (TPSA) is 124 Å². The van der Waals surface area contributed by atoms with Crippen LogP contribution in [0.1, 0.15) is 29.5 Å². The Hall–Kier alpha value is -4.04. The fraction of sp³-hybridized carbons (Fsp3) is 0.259. The van der Waals surface area contributed by atoms with Crippen molar-refractivity contribution in [3.63, 3.8) is 0 Å². The summed E-state index contributed by atoms with van der Waals surface area (Å²) in [7, 11) is 0. The summed E-state index contributed by atoms with van der Waals surface area (Å²) in [6, 6.07) is 22.0. The molecule has 35 heavy (non-hydrogen) atoms. The monoisotopic (exact) mass is 470 g/mol. The third-order valence-corrected chi connectivity index (χ3v) is 6.18. The third kappa shape index (κ3) is 5.22. The lowest BCUT2D eigenvalue weighted by Gasteiger charge is -2.28. The summed E-state index contributed by atoms with van der Waals surface area (Å²) < 4.78 is 0. The summed E-state index contributed by atoms with van der Waals surface area (Å²) in [5.41, 5.74) is 7.37. The lowest BCUT2D eigenvalue weighted by atomic mass is 9.82. The Morgan fingerprint density at radius 3 is 2.29 bits per heavy atom. The Balaban J connectivity index is 1.33. The van der Waals surface area contributed by atoms with Gasteiger partial charge in [-0.15, -0.1) is 0 Å². The number of guanidine groups is 1. The van der Waals surface area contributed by atoms with Crippen LogP contribution in [0.5, 0.6) is 0 Å². The molecule has 0 saturated carbocycles. The molecule has 5 N–H and O–H groups in total. The molecule has 4 rings (SSSR count). The highest BCUT2D eigenvalue weighted by Gasteiger charge is 2.51. The van der Waals surface area contributed by atoms with Gasteiger partial charge in [0.1, 0.15) is 0 Å². The molecule has 2 heterocycles. The molecule has 0 radical (unpaired) electrons. The maximum absolute atomic E-state index is 13.7. The molecule has 1 saturated heterocycles. The number of benzene rings is 2. The van der Waals surface area contributed by atoms with Crippen molar-refractivity contribution < 1.29 is 9.59 Å². The minimum absolute atomic E-state index is 0.0743. The van der Waals surface area contributed by atoms with Crippen LogP contribution in [0.15, 0.2) is 85.2 Å². The number of rotatable bonds is 10. The number of nitrogens with two attached hydrogens (primary N) is 1. The normalized spacial score (nSPS) is 15.5. The Bertz CT molecular complexity index is 1110. The molecule has 180 valence electrons. The number of amides is 2. The van der Waals surface area contributed by atoms with Crippen LogP contribution in [-0.2, 0) is 21.5 Å². The van der Waals surface area contributed by atoms with E-state index in [1.807, 2.05) is 72.8 Å². The number of hydrogen-bond acceptors (Lipinski definition) is 5. The van der Waals surface area contributed by atoms with Crippen LogP contribution in [0.3, 0.4) is 0 Å². The Morgan fingerprint density at radius 2 is 1.69 bits per heavy atom. The van der Waals surface area contributed by atoms with Gasteiger partial charge in [0.2, 0.25) is 5.91 Å². The highest BCUT2D eigenvalue weighted by molar-refractivity contribution is 6.10. The van der Waals surface area contributed by atoms with Gasteiger partial charge in [0.15, 0.2) is 11.5 Å². The van der Waals surface area contributed by atoms with Gasteiger partial charge < -0.3 is 16.4 Å². The predicted molar refractivity (Wildman–Crippen MR) is 134 cm³/mol. The van der Waals surface area contributed by atoms with Crippen LogP contribution in [-0.4, -0.2) is 46.8 Å². The highest BCUT2D eigenvalue weighted by Crippen LogP contribution is 2.35. The van der Waals surface area contributed by atoms with Crippen molar-refractivity contribution in [1.29, 1.82) is 5.41 Å². The molecule has 0 aliphatic carbocycles. The van der Waals surface area contributed by atoms with Gasteiger partial charge in [-0.25, -0.2) is 0 Å². The minimum atomic E-state index is -1.13. The molecule has 0 bridgehead atoms.